The maximum absolute atomic E-state index is 13.2. The largest absolute Gasteiger partial charge is 0.416 e. The maximum Gasteiger partial charge on any atom is 0.416 e. The van der Waals surface area contributed by atoms with Crippen LogP contribution in [0.15, 0.2) is 65.7 Å². The number of non-ortho nitro benzene ring substituents is 1. The lowest BCUT2D eigenvalue weighted by Crippen LogP contribution is -2.49. The average molecular weight is 533 g/mol. The van der Waals surface area contributed by atoms with Crippen LogP contribution in [0.25, 0.3) is 17.0 Å². The minimum atomic E-state index is -4.50. The molecule has 0 spiro atoms. The van der Waals surface area contributed by atoms with E-state index < -0.39 is 26.7 Å². The highest BCUT2D eigenvalue weighted by Gasteiger charge is 2.32. The molecule has 3 heterocycles. The SMILES string of the molecule is O=[N+]([O-])c1cccc(S(=O)(=O)N2CCN(c3nc4nccc(-c5cccc(C(F)(F)F)c5)n4n3)CC2)c1. The molecule has 192 valence electrons. The van der Waals surface area contributed by atoms with E-state index in [9.17, 15) is 31.7 Å². The number of alkyl halides is 3. The van der Waals surface area contributed by atoms with E-state index in [4.69, 9.17) is 0 Å². The Balaban J connectivity index is 1.38. The molecule has 0 radical (unpaired) electrons. The van der Waals surface area contributed by atoms with E-state index in [-0.39, 0.29) is 54.1 Å². The Morgan fingerprint density at radius 1 is 0.973 bits per heavy atom. The van der Waals surface area contributed by atoms with Gasteiger partial charge in [-0.25, -0.2) is 13.4 Å². The van der Waals surface area contributed by atoms with Crippen molar-refractivity contribution in [1.82, 2.24) is 23.9 Å². The normalized spacial score (nSPS) is 15.3. The molecule has 2 aromatic heterocycles. The predicted molar refractivity (Wildman–Crippen MR) is 125 cm³/mol. The monoisotopic (exact) mass is 533 g/mol. The molecule has 15 heteroatoms. The molecule has 0 aliphatic carbocycles. The molecule has 4 aromatic rings. The summed E-state index contributed by atoms with van der Waals surface area (Å²) >= 11 is 0. The number of halogens is 3. The number of piperazine rings is 1. The molecule has 1 saturated heterocycles. The third-order valence-corrected chi connectivity index (χ3v) is 7.80. The van der Waals surface area contributed by atoms with Crippen LogP contribution >= 0.6 is 0 Å². The fourth-order valence-electron chi connectivity index (χ4n) is 4.03. The smallest absolute Gasteiger partial charge is 0.337 e. The molecule has 2 aromatic carbocycles. The van der Waals surface area contributed by atoms with Gasteiger partial charge in [-0.2, -0.15) is 27.0 Å². The highest BCUT2D eigenvalue weighted by Crippen LogP contribution is 2.32. The summed E-state index contributed by atoms with van der Waals surface area (Å²) in [6.45, 7) is 0.608. The van der Waals surface area contributed by atoms with Crippen LogP contribution in [-0.4, -0.2) is 63.4 Å². The minimum absolute atomic E-state index is 0.0779. The Kier molecular flexibility index (Phi) is 6.03. The first-order valence-corrected chi connectivity index (χ1v) is 12.4. The maximum atomic E-state index is 13.2. The summed E-state index contributed by atoms with van der Waals surface area (Å²) in [6.07, 6.45) is -3.08. The summed E-state index contributed by atoms with van der Waals surface area (Å²) in [7, 11) is -3.96. The highest BCUT2D eigenvalue weighted by molar-refractivity contribution is 7.89. The second-order valence-electron chi connectivity index (χ2n) is 8.18. The molecule has 0 atom stereocenters. The standard InChI is InChI=1S/C22H18F3N7O4S/c23-22(24,25)16-4-1-3-15(13-16)19-7-8-26-20-27-21(28-31(19)20)29-9-11-30(12-10-29)37(35,36)18-6-2-5-17(14-18)32(33)34/h1-8,13-14H,9-12H2. The summed E-state index contributed by atoms with van der Waals surface area (Å²) in [4.78, 5) is 20.5. The summed E-state index contributed by atoms with van der Waals surface area (Å²) < 4.78 is 68.2. The third-order valence-electron chi connectivity index (χ3n) is 5.90. The Hall–Kier alpha value is -4.11. The zero-order valence-corrected chi connectivity index (χ0v) is 19.7. The zero-order chi connectivity index (χ0) is 26.4. The van der Waals surface area contributed by atoms with Crippen LogP contribution in [0.3, 0.4) is 0 Å². The van der Waals surface area contributed by atoms with E-state index in [0.29, 0.717) is 5.69 Å². The van der Waals surface area contributed by atoms with Gasteiger partial charge in [0.05, 0.1) is 21.1 Å². The lowest BCUT2D eigenvalue weighted by molar-refractivity contribution is -0.385. The lowest BCUT2D eigenvalue weighted by atomic mass is 10.1. The first-order chi connectivity index (χ1) is 17.5. The van der Waals surface area contributed by atoms with E-state index >= 15 is 0 Å². The summed E-state index contributed by atoms with van der Waals surface area (Å²) in [6, 6.07) is 11.2. The van der Waals surface area contributed by atoms with Gasteiger partial charge in [0, 0.05) is 50.1 Å². The Labute approximate surface area is 208 Å². The second kappa shape index (κ2) is 9.08. The van der Waals surface area contributed by atoms with Crippen molar-refractivity contribution in [2.75, 3.05) is 31.1 Å². The van der Waals surface area contributed by atoms with Gasteiger partial charge in [0.2, 0.25) is 16.0 Å². The summed E-state index contributed by atoms with van der Waals surface area (Å²) in [5, 5.41) is 15.5. The number of nitrogens with zero attached hydrogens (tertiary/aromatic N) is 7. The van der Waals surface area contributed by atoms with Crippen molar-refractivity contribution in [1.29, 1.82) is 0 Å². The number of rotatable bonds is 5. The van der Waals surface area contributed by atoms with Crippen molar-refractivity contribution >= 4 is 27.4 Å². The molecular formula is C22H18F3N7O4S. The summed E-state index contributed by atoms with van der Waals surface area (Å²) in [5.41, 5.74) is -0.470. The van der Waals surface area contributed by atoms with Gasteiger partial charge in [-0.1, -0.05) is 18.2 Å². The van der Waals surface area contributed by atoms with Crippen LogP contribution in [0.5, 0.6) is 0 Å². The van der Waals surface area contributed by atoms with E-state index in [1.807, 2.05) is 0 Å². The van der Waals surface area contributed by atoms with Gasteiger partial charge in [-0.15, -0.1) is 5.10 Å². The Morgan fingerprint density at radius 2 is 1.70 bits per heavy atom. The highest BCUT2D eigenvalue weighted by atomic mass is 32.2. The van der Waals surface area contributed by atoms with Gasteiger partial charge in [-0.3, -0.25) is 10.1 Å². The van der Waals surface area contributed by atoms with E-state index in [0.717, 1.165) is 18.2 Å². The van der Waals surface area contributed by atoms with Gasteiger partial charge in [0.25, 0.3) is 11.5 Å². The van der Waals surface area contributed by atoms with Crippen LogP contribution in [0.2, 0.25) is 0 Å². The van der Waals surface area contributed by atoms with Crippen LogP contribution in [0.1, 0.15) is 5.56 Å². The molecule has 11 nitrogen and oxygen atoms in total. The van der Waals surface area contributed by atoms with E-state index in [1.54, 1.807) is 4.90 Å². The van der Waals surface area contributed by atoms with Crippen molar-refractivity contribution < 1.29 is 26.5 Å². The van der Waals surface area contributed by atoms with Crippen molar-refractivity contribution in [3.05, 3.63) is 76.5 Å². The molecule has 0 N–H and O–H groups in total. The van der Waals surface area contributed by atoms with Gasteiger partial charge < -0.3 is 4.90 Å². The molecule has 1 fully saturated rings. The van der Waals surface area contributed by atoms with Crippen LogP contribution < -0.4 is 4.90 Å². The first kappa shape index (κ1) is 24.6. The van der Waals surface area contributed by atoms with Crippen molar-refractivity contribution in [3.63, 3.8) is 0 Å². The van der Waals surface area contributed by atoms with Gasteiger partial charge >= 0.3 is 6.18 Å². The second-order valence-corrected chi connectivity index (χ2v) is 10.1. The summed E-state index contributed by atoms with van der Waals surface area (Å²) in [5.74, 6) is 0.427. The number of nitro benzene ring substituents is 1. The average Bonchev–Trinajstić information content (AvgIpc) is 3.33. The number of sulfonamides is 1. The van der Waals surface area contributed by atoms with Crippen LogP contribution in [0.4, 0.5) is 24.8 Å². The third kappa shape index (κ3) is 4.70. The molecular weight excluding hydrogens is 515 g/mol. The molecule has 5 rings (SSSR count). The van der Waals surface area contributed by atoms with Crippen molar-refractivity contribution in [3.8, 4) is 11.3 Å². The number of hydrogen-bond donors (Lipinski definition) is 0. The van der Waals surface area contributed by atoms with Gasteiger partial charge in [-0.05, 0) is 24.3 Å². The van der Waals surface area contributed by atoms with Gasteiger partial charge in [0.15, 0.2) is 0 Å². The zero-order valence-electron chi connectivity index (χ0n) is 18.9. The van der Waals surface area contributed by atoms with E-state index in [1.165, 1.54) is 51.4 Å². The van der Waals surface area contributed by atoms with E-state index in [2.05, 4.69) is 15.1 Å². The number of aromatic nitrogens is 4. The number of benzene rings is 2. The van der Waals surface area contributed by atoms with Gasteiger partial charge in [0.1, 0.15) is 0 Å². The Morgan fingerprint density at radius 3 is 2.41 bits per heavy atom. The molecule has 0 saturated carbocycles. The topological polar surface area (TPSA) is 127 Å². The predicted octanol–water partition coefficient (Wildman–Crippen LogP) is 3.23. The van der Waals surface area contributed by atoms with Crippen molar-refractivity contribution in [2.45, 2.75) is 11.1 Å². The molecule has 0 bridgehead atoms. The van der Waals surface area contributed by atoms with Crippen molar-refractivity contribution in [2.24, 2.45) is 0 Å². The number of anilines is 1. The number of fused-ring (bicyclic) bond motifs is 1. The quantitative estimate of drug-likeness (QED) is 0.283. The molecule has 37 heavy (non-hydrogen) atoms. The minimum Gasteiger partial charge on any atom is -0.337 e. The molecule has 0 unspecified atom stereocenters. The fraction of sp³-hybridized carbons (Fsp3) is 0.227. The Bertz CT molecular complexity index is 1600. The van der Waals surface area contributed by atoms with Crippen LogP contribution in [0, 0.1) is 10.1 Å². The fourth-order valence-corrected chi connectivity index (χ4v) is 5.49. The number of hydrogen-bond acceptors (Lipinski definition) is 8. The lowest BCUT2D eigenvalue weighted by Gasteiger charge is -2.33. The first-order valence-electron chi connectivity index (χ1n) is 10.9. The number of nitro groups is 1. The molecule has 0 amide bonds. The molecule has 1 aliphatic heterocycles. The van der Waals surface area contributed by atoms with Crippen LogP contribution in [-0.2, 0) is 16.2 Å². The molecule has 1 aliphatic rings.